The molecule has 0 saturated carbocycles. The number of sulfonamides is 1. The molecule has 0 aromatic heterocycles. The summed E-state index contributed by atoms with van der Waals surface area (Å²) in [6.45, 7) is 8.60. The van der Waals surface area contributed by atoms with Crippen molar-refractivity contribution in [2.75, 3.05) is 29.3 Å². The van der Waals surface area contributed by atoms with Gasteiger partial charge < -0.3 is 9.80 Å². The molecule has 0 unspecified atom stereocenters. The summed E-state index contributed by atoms with van der Waals surface area (Å²) >= 11 is 0. The second-order valence-electron chi connectivity index (χ2n) is 10.4. The highest BCUT2D eigenvalue weighted by Crippen LogP contribution is 2.32. The van der Waals surface area contributed by atoms with E-state index in [1.54, 1.807) is 12.1 Å². The van der Waals surface area contributed by atoms with Gasteiger partial charge in [-0.15, -0.1) is 0 Å². The monoisotopic (exact) mass is 517 g/mol. The zero-order valence-electron chi connectivity index (χ0n) is 21.9. The molecule has 2 heterocycles. The number of hydrogen-bond acceptors (Lipinski definition) is 4. The second kappa shape index (κ2) is 10.2. The van der Waals surface area contributed by atoms with Crippen molar-refractivity contribution >= 4 is 27.3 Å². The van der Waals surface area contributed by atoms with Crippen molar-refractivity contribution in [3.63, 3.8) is 0 Å². The largest absolute Gasteiger partial charge is 0.366 e. The van der Waals surface area contributed by atoms with Crippen LogP contribution >= 0.6 is 0 Å². The molecule has 2 aliphatic heterocycles. The first-order valence-electron chi connectivity index (χ1n) is 13.1. The van der Waals surface area contributed by atoms with Gasteiger partial charge in [0.15, 0.2) is 0 Å². The average Bonchev–Trinajstić information content (AvgIpc) is 2.87. The Morgan fingerprint density at radius 2 is 1.51 bits per heavy atom. The molecular formula is C30H35N3O3S. The average molecular weight is 518 g/mol. The molecule has 0 spiro atoms. The quantitative estimate of drug-likeness (QED) is 0.478. The summed E-state index contributed by atoms with van der Waals surface area (Å²) in [6, 6.07) is 17.6. The molecule has 1 amide bonds. The van der Waals surface area contributed by atoms with Crippen LogP contribution in [0, 0.1) is 20.8 Å². The van der Waals surface area contributed by atoms with E-state index in [-0.39, 0.29) is 5.91 Å². The number of anilines is 2. The minimum atomic E-state index is -3.82. The minimum Gasteiger partial charge on any atom is -0.366 e. The van der Waals surface area contributed by atoms with E-state index in [9.17, 15) is 13.2 Å². The molecule has 1 N–H and O–H groups in total. The maximum Gasteiger partial charge on any atom is 0.262 e. The third-order valence-corrected chi connectivity index (χ3v) is 9.15. The van der Waals surface area contributed by atoms with E-state index >= 15 is 0 Å². The van der Waals surface area contributed by atoms with E-state index in [1.807, 2.05) is 43.9 Å². The summed E-state index contributed by atoms with van der Waals surface area (Å²) in [5.41, 5.74) is 6.86. The molecule has 6 nitrogen and oxygen atoms in total. The Balaban J connectivity index is 1.51. The Kier molecular flexibility index (Phi) is 6.99. The minimum absolute atomic E-state index is 0.0303. The van der Waals surface area contributed by atoms with Crippen molar-refractivity contribution in [2.24, 2.45) is 0 Å². The summed E-state index contributed by atoms with van der Waals surface area (Å²) in [5, 5.41) is 0. The Morgan fingerprint density at radius 1 is 0.838 bits per heavy atom. The van der Waals surface area contributed by atoms with E-state index in [4.69, 9.17) is 0 Å². The van der Waals surface area contributed by atoms with Gasteiger partial charge in [0.25, 0.3) is 15.9 Å². The molecular weight excluding hydrogens is 482 g/mol. The lowest BCUT2D eigenvalue weighted by molar-refractivity contribution is 0.0725. The van der Waals surface area contributed by atoms with Crippen LogP contribution in [0.4, 0.5) is 11.4 Å². The molecule has 0 atom stereocenters. The highest BCUT2D eigenvalue weighted by atomic mass is 32.2. The zero-order valence-corrected chi connectivity index (χ0v) is 22.7. The van der Waals surface area contributed by atoms with Crippen LogP contribution in [0.5, 0.6) is 0 Å². The first kappa shape index (κ1) is 25.3. The molecule has 37 heavy (non-hydrogen) atoms. The van der Waals surface area contributed by atoms with Crippen molar-refractivity contribution < 1.29 is 13.2 Å². The van der Waals surface area contributed by atoms with Crippen molar-refractivity contribution in [2.45, 2.75) is 57.9 Å². The molecule has 1 fully saturated rings. The fraction of sp³-hybridized carbons (Fsp3) is 0.367. The summed E-state index contributed by atoms with van der Waals surface area (Å²) in [5.74, 6) is -0.0303. The number of aryl methyl sites for hydroxylation is 3. The van der Waals surface area contributed by atoms with Gasteiger partial charge in [0, 0.05) is 37.6 Å². The lowest BCUT2D eigenvalue weighted by atomic mass is 9.98. The molecule has 194 valence electrons. The summed E-state index contributed by atoms with van der Waals surface area (Å²) in [7, 11) is -3.82. The summed E-state index contributed by atoms with van der Waals surface area (Å²) < 4.78 is 29.7. The first-order chi connectivity index (χ1) is 17.7. The summed E-state index contributed by atoms with van der Waals surface area (Å²) in [4.78, 5) is 18.2. The fourth-order valence-corrected chi connectivity index (χ4v) is 7.32. The van der Waals surface area contributed by atoms with Crippen LogP contribution in [0.25, 0.3) is 0 Å². The summed E-state index contributed by atoms with van der Waals surface area (Å²) in [6.07, 6.45) is 4.04. The number of likely N-dealkylation sites (tertiary alicyclic amines) is 1. The van der Waals surface area contributed by atoms with Gasteiger partial charge in [-0.25, -0.2) is 8.42 Å². The van der Waals surface area contributed by atoms with E-state index in [2.05, 4.69) is 33.9 Å². The van der Waals surface area contributed by atoms with Gasteiger partial charge in [-0.05, 0) is 86.9 Å². The maximum atomic E-state index is 13.8. The molecule has 0 radical (unpaired) electrons. The maximum absolute atomic E-state index is 13.8. The first-order valence-corrected chi connectivity index (χ1v) is 14.6. The number of nitrogens with zero attached hydrogens (tertiary/aromatic N) is 2. The molecule has 3 aromatic rings. The third-order valence-electron chi connectivity index (χ3n) is 7.47. The fourth-order valence-electron chi connectivity index (χ4n) is 5.81. The number of hydrogen-bond donors (Lipinski definition) is 1. The predicted octanol–water partition coefficient (Wildman–Crippen LogP) is 5.60. The Labute approximate surface area is 220 Å². The number of rotatable bonds is 5. The van der Waals surface area contributed by atoms with Crippen LogP contribution in [-0.4, -0.2) is 38.9 Å². The van der Waals surface area contributed by atoms with Crippen LogP contribution in [-0.2, 0) is 23.0 Å². The highest BCUT2D eigenvalue weighted by molar-refractivity contribution is 7.92. The lowest BCUT2D eigenvalue weighted by Gasteiger charge is -2.34. The van der Waals surface area contributed by atoms with Gasteiger partial charge in [-0.1, -0.05) is 42.0 Å². The Morgan fingerprint density at radius 3 is 2.22 bits per heavy atom. The Bertz CT molecular complexity index is 1420. The zero-order chi connectivity index (χ0) is 26.2. The van der Waals surface area contributed by atoms with Crippen molar-refractivity contribution in [1.82, 2.24) is 4.90 Å². The van der Waals surface area contributed by atoms with Crippen LogP contribution in [0.3, 0.4) is 0 Å². The van der Waals surface area contributed by atoms with Gasteiger partial charge >= 0.3 is 0 Å². The van der Waals surface area contributed by atoms with Gasteiger partial charge in [0.1, 0.15) is 0 Å². The molecule has 7 heteroatoms. The molecule has 0 bridgehead atoms. The number of amides is 1. The number of piperidine rings is 1. The van der Waals surface area contributed by atoms with Gasteiger partial charge in [-0.3, -0.25) is 9.52 Å². The topological polar surface area (TPSA) is 69.7 Å². The van der Waals surface area contributed by atoms with Gasteiger partial charge in [0.2, 0.25) is 0 Å². The highest BCUT2D eigenvalue weighted by Gasteiger charge is 2.27. The van der Waals surface area contributed by atoms with E-state index in [0.717, 1.165) is 63.1 Å². The number of carbonyl (C=O) groups is 1. The van der Waals surface area contributed by atoms with Crippen LogP contribution < -0.4 is 9.62 Å². The predicted molar refractivity (Wildman–Crippen MR) is 149 cm³/mol. The second-order valence-corrected chi connectivity index (χ2v) is 12.0. The normalized spacial score (nSPS) is 15.9. The molecule has 3 aromatic carbocycles. The number of nitrogens with one attached hydrogen (secondary N) is 1. The van der Waals surface area contributed by atoms with E-state index in [1.165, 1.54) is 11.1 Å². The van der Waals surface area contributed by atoms with E-state index < -0.39 is 10.0 Å². The van der Waals surface area contributed by atoms with Crippen molar-refractivity contribution in [3.8, 4) is 0 Å². The standard InChI is InChI=1S/C30H35N3O3S/c1-21-17-22(2)29(23(3)18-21)37(35,36)31-26-11-12-28(27(19-26)30(34)32-14-7-4-8-15-32)33-16-13-24-9-5-6-10-25(24)20-33/h5-6,9-12,17-19,31H,4,7-8,13-16,20H2,1-3H3. The van der Waals surface area contributed by atoms with Crippen molar-refractivity contribution in [1.29, 1.82) is 0 Å². The number of carbonyl (C=O) groups excluding carboxylic acids is 1. The molecule has 1 saturated heterocycles. The van der Waals surface area contributed by atoms with Crippen LogP contribution in [0.1, 0.15) is 57.4 Å². The number of fused-ring (bicyclic) bond motifs is 1. The molecule has 2 aliphatic rings. The van der Waals surface area contributed by atoms with Crippen LogP contribution in [0.2, 0.25) is 0 Å². The Hall–Kier alpha value is -3.32. The molecule has 0 aliphatic carbocycles. The van der Waals surface area contributed by atoms with Gasteiger partial charge in [0.05, 0.1) is 10.5 Å². The smallest absolute Gasteiger partial charge is 0.262 e. The van der Waals surface area contributed by atoms with E-state index in [0.29, 0.717) is 27.3 Å². The van der Waals surface area contributed by atoms with Crippen LogP contribution in [0.15, 0.2) is 59.5 Å². The van der Waals surface area contributed by atoms with Crippen molar-refractivity contribution in [3.05, 3.63) is 88.0 Å². The molecule has 5 rings (SSSR count). The third kappa shape index (κ3) is 5.23. The number of benzene rings is 3. The van der Waals surface area contributed by atoms with Gasteiger partial charge in [-0.2, -0.15) is 0 Å². The SMILES string of the molecule is Cc1cc(C)c(S(=O)(=O)Nc2ccc(N3CCc4ccccc4C3)c(C(=O)N3CCCCC3)c2)c(C)c1. The lowest BCUT2D eigenvalue weighted by Crippen LogP contribution is -2.38.